The topological polar surface area (TPSA) is 43.6 Å². The Morgan fingerprint density at radius 1 is 1.23 bits per heavy atom. The molecule has 6 heteroatoms. The van der Waals surface area contributed by atoms with Crippen LogP contribution in [0.3, 0.4) is 0 Å². The van der Waals surface area contributed by atoms with Crippen LogP contribution in [0.4, 0.5) is 0 Å². The van der Waals surface area contributed by atoms with Gasteiger partial charge >= 0.3 is 0 Å². The predicted octanol–water partition coefficient (Wildman–Crippen LogP) is 4.38. The molecule has 0 saturated carbocycles. The van der Waals surface area contributed by atoms with Gasteiger partial charge in [-0.05, 0) is 54.6 Å². The Hall–Kier alpha value is -2.05. The molecule has 3 aromatic rings. The summed E-state index contributed by atoms with van der Waals surface area (Å²) in [6, 6.07) is 13.6. The molecule has 0 N–H and O–H groups in total. The van der Waals surface area contributed by atoms with Crippen LogP contribution in [0.5, 0.6) is 5.75 Å². The molecule has 0 saturated heterocycles. The fraction of sp³-hybridized carbons (Fsp3) is 0.300. The van der Waals surface area contributed by atoms with Crippen molar-refractivity contribution in [1.29, 1.82) is 0 Å². The number of thioether (sulfide) groups is 1. The Kier molecular flexibility index (Phi) is 6.16. The standard InChI is InChI=1S/C20H22N2O2S2/c1-4-14-5-10-17-18(13-14)26-20(22(17)11-12-25-3)21-19(23)15-6-8-16(24-2)9-7-15/h5-10,13H,4,11-12H2,1-3H3. The van der Waals surface area contributed by atoms with Crippen molar-refractivity contribution in [2.24, 2.45) is 4.99 Å². The van der Waals surface area contributed by atoms with Crippen molar-refractivity contribution in [3.63, 3.8) is 0 Å². The zero-order chi connectivity index (χ0) is 18.5. The maximum absolute atomic E-state index is 12.6. The van der Waals surface area contributed by atoms with E-state index in [0.717, 1.165) is 34.8 Å². The summed E-state index contributed by atoms with van der Waals surface area (Å²) in [4.78, 5) is 17.8. The SMILES string of the molecule is CCc1ccc2c(c1)sc(=NC(=O)c1ccc(OC)cc1)n2CCSC. The second-order valence-corrected chi connectivity index (χ2v) is 7.82. The highest BCUT2D eigenvalue weighted by molar-refractivity contribution is 7.98. The van der Waals surface area contributed by atoms with Crippen LogP contribution in [0, 0.1) is 0 Å². The molecule has 0 fully saturated rings. The average Bonchev–Trinajstić information content (AvgIpc) is 3.02. The summed E-state index contributed by atoms with van der Waals surface area (Å²) in [6.07, 6.45) is 3.08. The molecule has 1 amide bonds. The van der Waals surface area contributed by atoms with Crippen LogP contribution in [0.25, 0.3) is 10.2 Å². The minimum atomic E-state index is -0.229. The van der Waals surface area contributed by atoms with Crippen molar-refractivity contribution >= 4 is 39.2 Å². The number of benzene rings is 2. The van der Waals surface area contributed by atoms with E-state index >= 15 is 0 Å². The summed E-state index contributed by atoms with van der Waals surface area (Å²) >= 11 is 3.36. The van der Waals surface area contributed by atoms with Gasteiger partial charge in [-0.1, -0.05) is 24.3 Å². The second kappa shape index (κ2) is 8.56. The fourth-order valence-corrected chi connectivity index (χ4v) is 4.19. The fourth-order valence-electron chi connectivity index (χ4n) is 2.71. The number of thiazole rings is 1. The number of carbonyl (C=O) groups excluding carboxylic acids is 1. The molecule has 2 aromatic carbocycles. The van der Waals surface area contributed by atoms with E-state index in [1.165, 1.54) is 10.3 Å². The van der Waals surface area contributed by atoms with Gasteiger partial charge in [0.1, 0.15) is 5.75 Å². The van der Waals surface area contributed by atoms with E-state index in [2.05, 4.69) is 40.9 Å². The Bertz CT molecular complexity index is 972. The molecule has 26 heavy (non-hydrogen) atoms. The van der Waals surface area contributed by atoms with Crippen LogP contribution < -0.4 is 9.54 Å². The Morgan fingerprint density at radius 3 is 2.65 bits per heavy atom. The maximum atomic E-state index is 12.6. The summed E-state index contributed by atoms with van der Waals surface area (Å²) in [7, 11) is 1.61. The third-order valence-electron chi connectivity index (χ3n) is 4.21. The Labute approximate surface area is 161 Å². The first-order valence-electron chi connectivity index (χ1n) is 8.50. The first-order valence-corrected chi connectivity index (χ1v) is 10.7. The number of hydrogen-bond donors (Lipinski definition) is 0. The maximum Gasteiger partial charge on any atom is 0.279 e. The molecule has 136 valence electrons. The first-order chi connectivity index (χ1) is 12.7. The molecule has 0 radical (unpaired) electrons. The van der Waals surface area contributed by atoms with Crippen LogP contribution in [-0.2, 0) is 13.0 Å². The normalized spacial score (nSPS) is 11.9. The summed E-state index contributed by atoms with van der Waals surface area (Å²) in [5.74, 6) is 1.48. The van der Waals surface area contributed by atoms with Crippen molar-refractivity contribution < 1.29 is 9.53 Å². The largest absolute Gasteiger partial charge is 0.497 e. The van der Waals surface area contributed by atoms with E-state index in [9.17, 15) is 4.79 Å². The van der Waals surface area contributed by atoms with Crippen molar-refractivity contribution in [2.75, 3.05) is 19.1 Å². The number of fused-ring (bicyclic) bond motifs is 1. The number of methoxy groups -OCH3 is 1. The van der Waals surface area contributed by atoms with Gasteiger partial charge in [-0.2, -0.15) is 16.8 Å². The van der Waals surface area contributed by atoms with E-state index in [-0.39, 0.29) is 5.91 Å². The molecule has 0 unspecified atom stereocenters. The lowest BCUT2D eigenvalue weighted by atomic mass is 10.2. The second-order valence-electron chi connectivity index (χ2n) is 5.83. The van der Waals surface area contributed by atoms with E-state index in [1.807, 2.05) is 0 Å². The Morgan fingerprint density at radius 2 is 2.00 bits per heavy atom. The van der Waals surface area contributed by atoms with Gasteiger partial charge in [0, 0.05) is 17.9 Å². The minimum Gasteiger partial charge on any atom is -0.497 e. The van der Waals surface area contributed by atoms with Crippen molar-refractivity contribution in [3.05, 3.63) is 58.4 Å². The third-order valence-corrected chi connectivity index (χ3v) is 5.84. The van der Waals surface area contributed by atoms with Gasteiger partial charge in [0.15, 0.2) is 4.80 Å². The molecule has 0 aliphatic heterocycles. The zero-order valence-corrected chi connectivity index (χ0v) is 16.8. The van der Waals surface area contributed by atoms with Crippen molar-refractivity contribution in [2.45, 2.75) is 19.9 Å². The van der Waals surface area contributed by atoms with Gasteiger partial charge in [0.2, 0.25) is 0 Å². The number of aromatic nitrogens is 1. The molecule has 1 heterocycles. The van der Waals surface area contributed by atoms with Gasteiger partial charge in [0.05, 0.1) is 17.3 Å². The number of ether oxygens (including phenoxy) is 1. The number of aryl methyl sites for hydroxylation is 2. The molecule has 0 aliphatic rings. The van der Waals surface area contributed by atoms with Gasteiger partial charge in [-0.15, -0.1) is 0 Å². The number of nitrogens with zero attached hydrogens (tertiary/aromatic N) is 2. The molecule has 4 nitrogen and oxygen atoms in total. The van der Waals surface area contributed by atoms with Crippen LogP contribution in [0.1, 0.15) is 22.8 Å². The van der Waals surface area contributed by atoms with Gasteiger partial charge in [0.25, 0.3) is 5.91 Å². The summed E-state index contributed by atoms with van der Waals surface area (Å²) in [5.41, 5.74) is 3.00. The van der Waals surface area contributed by atoms with E-state index in [0.29, 0.717) is 5.56 Å². The summed E-state index contributed by atoms with van der Waals surface area (Å²) < 4.78 is 8.47. The lowest BCUT2D eigenvalue weighted by Gasteiger charge is -2.04. The predicted molar refractivity (Wildman–Crippen MR) is 110 cm³/mol. The number of rotatable bonds is 6. The molecule has 0 spiro atoms. The summed E-state index contributed by atoms with van der Waals surface area (Å²) in [6.45, 7) is 2.98. The molecule has 0 atom stereocenters. The highest BCUT2D eigenvalue weighted by atomic mass is 32.2. The first kappa shape index (κ1) is 18.7. The number of carbonyl (C=O) groups is 1. The highest BCUT2D eigenvalue weighted by Crippen LogP contribution is 2.20. The van der Waals surface area contributed by atoms with Crippen LogP contribution >= 0.6 is 23.1 Å². The lowest BCUT2D eigenvalue weighted by molar-refractivity contribution is 0.0998. The van der Waals surface area contributed by atoms with Crippen LogP contribution in [-0.4, -0.2) is 29.6 Å². The van der Waals surface area contributed by atoms with Crippen LogP contribution in [0.15, 0.2) is 47.5 Å². The van der Waals surface area contributed by atoms with Gasteiger partial charge < -0.3 is 9.30 Å². The molecule has 0 aliphatic carbocycles. The highest BCUT2D eigenvalue weighted by Gasteiger charge is 2.10. The Balaban J connectivity index is 2.05. The average molecular weight is 387 g/mol. The molecular weight excluding hydrogens is 364 g/mol. The quantitative estimate of drug-likeness (QED) is 0.631. The monoisotopic (exact) mass is 386 g/mol. The van der Waals surface area contributed by atoms with Crippen LogP contribution in [0.2, 0.25) is 0 Å². The van der Waals surface area contributed by atoms with E-state index in [4.69, 9.17) is 4.74 Å². The minimum absolute atomic E-state index is 0.229. The zero-order valence-electron chi connectivity index (χ0n) is 15.2. The number of hydrogen-bond acceptors (Lipinski definition) is 4. The third kappa shape index (κ3) is 4.02. The van der Waals surface area contributed by atoms with Gasteiger partial charge in [-0.25, -0.2) is 0 Å². The molecular formula is C20H22N2O2S2. The smallest absolute Gasteiger partial charge is 0.279 e. The van der Waals surface area contributed by atoms with Crippen molar-refractivity contribution in [3.8, 4) is 5.75 Å². The molecule has 0 bridgehead atoms. The molecule has 1 aromatic heterocycles. The summed E-state index contributed by atoms with van der Waals surface area (Å²) in [5, 5.41) is 0. The van der Waals surface area contributed by atoms with E-state index in [1.54, 1.807) is 54.5 Å². The number of amides is 1. The molecule has 3 rings (SSSR count). The van der Waals surface area contributed by atoms with Crippen molar-refractivity contribution in [1.82, 2.24) is 4.57 Å². The van der Waals surface area contributed by atoms with E-state index < -0.39 is 0 Å². The van der Waals surface area contributed by atoms with Gasteiger partial charge in [-0.3, -0.25) is 4.79 Å². The lowest BCUT2D eigenvalue weighted by Crippen LogP contribution is -2.18.